The van der Waals surface area contributed by atoms with Gasteiger partial charge in [-0.05, 0) is 42.0 Å². The van der Waals surface area contributed by atoms with E-state index >= 15 is 0 Å². The number of hydrogen-bond donors (Lipinski definition) is 5. The maximum Gasteiger partial charge on any atom is 0.338 e. The summed E-state index contributed by atoms with van der Waals surface area (Å²) in [5.41, 5.74) is 2.10. The number of carbonyl (C=O) groups excluding carboxylic acids is 2. The molecule has 4 aromatic rings. The standard InChI is InChI=1S/C39H39ClN2O13/c40-25-14-13-21(16-26(25)42-35(47)24-12-7-15-41-17-24)18-50-38-31(45)29(43)34(27(52-38)19-49-36(48)22-8-3-1-4-9-22)55-39-32(46)30(44)33-28(53-39)20-51-37(54-33)23-10-5-2-6-11-23/h1-17,27-34,37-39,43-46H,18-20H2,(H,42,47)/t27-,28-,29-,30-,31-,32-,33-,34-,37-,38-,39-/m1/s1. The number of halogens is 1. The van der Waals surface area contributed by atoms with Crippen molar-refractivity contribution in [2.45, 2.75) is 74.3 Å². The molecule has 3 aliphatic heterocycles. The molecule has 290 valence electrons. The predicted molar refractivity (Wildman–Crippen MR) is 191 cm³/mol. The fourth-order valence-electron chi connectivity index (χ4n) is 6.41. The summed E-state index contributed by atoms with van der Waals surface area (Å²) < 4.78 is 41.3. The van der Waals surface area contributed by atoms with Crippen LogP contribution in [0.4, 0.5) is 5.69 Å². The Kier molecular flexibility index (Phi) is 12.5. The Morgan fingerprint density at radius 1 is 0.818 bits per heavy atom. The van der Waals surface area contributed by atoms with Gasteiger partial charge in [-0.15, -0.1) is 0 Å². The van der Waals surface area contributed by atoms with Gasteiger partial charge in [0, 0.05) is 18.0 Å². The molecule has 0 unspecified atom stereocenters. The van der Waals surface area contributed by atoms with E-state index in [1.807, 2.05) is 18.2 Å². The van der Waals surface area contributed by atoms with E-state index in [2.05, 4.69) is 10.3 Å². The molecule has 1 aromatic heterocycles. The van der Waals surface area contributed by atoms with Gasteiger partial charge in [-0.1, -0.05) is 66.2 Å². The van der Waals surface area contributed by atoms with Gasteiger partial charge in [0.15, 0.2) is 18.9 Å². The fourth-order valence-corrected chi connectivity index (χ4v) is 6.58. The second kappa shape index (κ2) is 17.6. The predicted octanol–water partition coefficient (Wildman–Crippen LogP) is 2.75. The van der Waals surface area contributed by atoms with Gasteiger partial charge in [-0.2, -0.15) is 0 Å². The number of benzene rings is 3. The van der Waals surface area contributed by atoms with E-state index < -0.39 is 86.2 Å². The molecule has 3 fully saturated rings. The van der Waals surface area contributed by atoms with Crippen LogP contribution >= 0.6 is 11.6 Å². The van der Waals surface area contributed by atoms with E-state index in [0.29, 0.717) is 22.4 Å². The molecule has 11 atom stereocenters. The van der Waals surface area contributed by atoms with Crippen molar-refractivity contribution < 1.29 is 63.2 Å². The number of carbonyl (C=O) groups is 2. The summed E-state index contributed by atoms with van der Waals surface area (Å²) in [7, 11) is 0. The molecule has 3 aliphatic rings. The average molecular weight is 779 g/mol. The van der Waals surface area contributed by atoms with Crippen LogP contribution in [0.2, 0.25) is 5.02 Å². The van der Waals surface area contributed by atoms with Crippen LogP contribution in [-0.2, 0) is 39.8 Å². The van der Waals surface area contributed by atoms with Crippen molar-refractivity contribution in [2.75, 3.05) is 18.5 Å². The SMILES string of the molecule is O=C(Nc1cc(CO[C@@H]2O[C@H](COC(=O)c3ccccc3)[C@@H](O[C@H]3O[C@@H]4CO[C@@H](c5ccccc5)O[C@H]4[C@H](O)[C@H]3O)[C@H](O)[C@H]2O)ccc1Cl)c1cccnc1. The van der Waals surface area contributed by atoms with Crippen LogP contribution in [-0.4, -0.2) is 112 Å². The quantitative estimate of drug-likeness (QED) is 0.139. The summed E-state index contributed by atoms with van der Waals surface area (Å²) >= 11 is 6.35. The molecular weight excluding hydrogens is 740 g/mol. The van der Waals surface area contributed by atoms with Gasteiger partial charge < -0.3 is 58.9 Å². The Morgan fingerprint density at radius 2 is 1.55 bits per heavy atom. The second-order valence-corrected chi connectivity index (χ2v) is 13.5. The number of rotatable bonds is 11. The lowest BCUT2D eigenvalue weighted by atomic mass is 9.96. The van der Waals surface area contributed by atoms with Crippen molar-refractivity contribution in [3.05, 3.63) is 131 Å². The van der Waals surface area contributed by atoms with Gasteiger partial charge in [0.1, 0.15) is 55.4 Å². The molecule has 4 heterocycles. The summed E-state index contributed by atoms with van der Waals surface area (Å²) in [6, 6.07) is 25.3. The summed E-state index contributed by atoms with van der Waals surface area (Å²) in [6.07, 6.45) is -12.1. The minimum absolute atomic E-state index is 0.0200. The third-order valence-corrected chi connectivity index (χ3v) is 9.67. The lowest BCUT2D eigenvalue weighted by molar-refractivity contribution is -0.386. The third kappa shape index (κ3) is 9.04. The van der Waals surface area contributed by atoms with Crippen LogP contribution in [0.25, 0.3) is 0 Å². The first-order chi connectivity index (χ1) is 26.7. The van der Waals surface area contributed by atoms with E-state index in [9.17, 15) is 30.0 Å². The number of aliphatic hydroxyl groups excluding tert-OH is 4. The summed E-state index contributed by atoms with van der Waals surface area (Å²) in [5.74, 6) is -1.13. The van der Waals surface area contributed by atoms with E-state index in [1.54, 1.807) is 79.0 Å². The molecule has 1 amide bonds. The highest BCUT2D eigenvalue weighted by atomic mass is 35.5. The zero-order chi connectivity index (χ0) is 38.5. The summed E-state index contributed by atoms with van der Waals surface area (Å²) in [4.78, 5) is 29.6. The Balaban J connectivity index is 1.04. The molecule has 0 saturated carbocycles. The van der Waals surface area contributed by atoms with Crippen molar-refractivity contribution in [3.8, 4) is 0 Å². The van der Waals surface area contributed by atoms with Crippen LogP contribution in [0.1, 0.15) is 38.1 Å². The number of pyridine rings is 1. The second-order valence-electron chi connectivity index (χ2n) is 13.1. The van der Waals surface area contributed by atoms with Crippen molar-refractivity contribution in [1.29, 1.82) is 0 Å². The van der Waals surface area contributed by atoms with Crippen LogP contribution in [0.15, 0.2) is 103 Å². The van der Waals surface area contributed by atoms with E-state index in [0.717, 1.165) is 0 Å². The Morgan fingerprint density at radius 3 is 2.29 bits per heavy atom. The molecule has 7 rings (SSSR count). The minimum Gasteiger partial charge on any atom is -0.459 e. The van der Waals surface area contributed by atoms with Crippen molar-refractivity contribution >= 4 is 29.2 Å². The highest BCUT2D eigenvalue weighted by molar-refractivity contribution is 6.34. The number of aliphatic hydroxyl groups is 4. The Hall–Kier alpha value is -4.36. The van der Waals surface area contributed by atoms with Crippen LogP contribution in [0.3, 0.4) is 0 Å². The summed E-state index contributed by atoms with van der Waals surface area (Å²) in [6.45, 7) is -0.670. The van der Waals surface area contributed by atoms with Crippen LogP contribution in [0, 0.1) is 0 Å². The van der Waals surface area contributed by atoms with E-state index in [1.165, 1.54) is 6.20 Å². The normalized spacial score (nSPS) is 30.5. The topological polar surface area (TPSA) is 205 Å². The largest absolute Gasteiger partial charge is 0.459 e. The third-order valence-electron chi connectivity index (χ3n) is 9.34. The molecule has 16 heteroatoms. The van der Waals surface area contributed by atoms with Crippen molar-refractivity contribution in [3.63, 3.8) is 0 Å². The maximum atomic E-state index is 12.9. The molecule has 3 aromatic carbocycles. The zero-order valence-electron chi connectivity index (χ0n) is 29.1. The number of aromatic nitrogens is 1. The van der Waals surface area contributed by atoms with Crippen molar-refractivity contribution in [2.24, 2.45) is 0 Å². The lowest BCUT2D eigenvalue weighted by Gasteiger charge is -2.48. The van der Waals surface area contributed by atoms with Gasteiger partial charge in [0.25, 0.3) is 5.91 Å². The highest BCUT2D eigenvalue weighted by Gasteiger charge is 2.53. The van der Waals surface area contributed by atoms with Gasteiger partial charge in [-0.25, -0.2) is 4.79 Å². The van der Waals surface area contributed by atoms with Crippen LogP contribution in [0.5, 0.6) is 0 Å². The molecule has 55 heavy (non-hydrogen) atoms. The smallest absolute Gasteiger partial charge is 0.338 e. The molecule has 0 bridgehead atoms. The van der Waals surface area contributed by atoms with E-state index in [4.69, 9.17) is 44.8 Å². The molecule has 0 spiro atoms. The number of fused-ring (bicyclic) bond motifs is 1. The number of hydrogen-bond acceptors (Lipinski definition) is 14. The minimum atomic E-state index is -1.73. The molecule has 15 nitrogen and oxygen atoms in total. The molecular formula is C39H39ClN2O13. The van der Waals surface area contributed by atoms with Crippen LogP contribution < -0.4 is 5.32 Å². The fraction of sp³-hybridized carbons (Fsp3) is 0.359. The Bertz CT molecular complexity index is 1890. The van der Waals surface area contributed by atoms with Gasteiger partial charge in [0.2, 0.25) is 0 Å². The number of anilines is 1. The number of ether oxygens (including phenoxy) is 7. The summed E-state index contributed by atoms with van der Waals surface area (Å²) in [5, 5.41) is 47.9. The van der Waals surface area contributed by atoms with Crippen molar-refractivity contribution in [1.82, 2.24) is 4.98 Å². The number of nitrogens with zero attached hydrogens (tertiary/aromatic N) is 1. The average Bonchev–Trinajstić information content (AvgIpc) is 3.22. The molecule has 0 aliphatic carbocycles. The molecule has 0 radical (unpaired) electrons. The molecule has 3 saturated heterocycles. The number of esters is 1. The first kappa shape index (κ1) is 38.9. The van der Waals surface area contributed by atoms with Gasteiger partial charge in [0.05, 0.1) is 35.1 Å². The highest BCUT2D eigenvalue weighted by Crippen LogP contribution is 2.36. The van der Waals surface area contributed by atoms with Gasteiger partial charge in [-0.3, -0.25) is 9.78 Å². The zero-order valence-corrected chi connectivity index (χ0v) is 29.8. The van der Waals surface area contributed by atoms with Gasteiger partial charge >= 0.3 is 5.97 Å². The maximum absolute atomic E-state index is 12.9. The van der Waals surface area contributed by atoms with E-state index in [-0.39, 0.29) is 23.8 Å². The first-order valence-corrected chi connectivity index (χ1v) is 17.9. The lowest BCUT2D eigenvalue weighted by Crippen LogP contribution is -2.66. The molecule has 5 N–H and O–H groups in total. The Labute approximate surface area is 320 Å². The number of nitrogens with one attached hydrogen (secondary N) is 1. The first-order valence-electron chi connectivity index (χ1n) is 17.5. The monoisotopic (exact) mass is 778 g/mol. The number of amides is 1.